The molecule has 0 rings (SSSR count). The summed E-state index contributed by atoms with van der Waals surface area (Å²) in [5.74, 6) is -0.887. The Morgan fingerprint density at radius 2 is 0.551 bits per heavy atom. The van der Waals surface area contributed by atoms with Gasteiger partial charge in [-0.3, -0.25) is 14.2 Å². The molecular weight excluding hydrogens is 1230 g/mol. The Bertz CT molecular complexity index is 2560. The number of ether oxygens (including phenoxy) is 2. The van der Waals surface area contributed by atoms with E-state index in [0.29, 0.717) is 23.9 Å². The number of esters is 2. The van der Waals surface area contributed by atoms with E-state index in [1.807, 2.05) is 21.1 Å². The summed E-state index contributed by atoms with van der Waals surface area (Å²) < 4.78 is 34.3. The Labute approximate surface area is 600 Å². The molecule has 0 amide bonds. The highest BCUT2D eigenvalue weighted by atomic mass is 31.2. The number of carbonyl (C=O) groups is 2. The summed E-state index contributed by atoms with van der Waals surface area (Å²) in [5, 5.41) is 0. The van der Waals surface area contributed by atoms with Gasteiger partial charge in [0.05, 0.1) is 27.7 Å². The number of hydrogen-bond donors (Lipinski definition) is 0. The SMILES string of the molecule is CC/C=C\C/C=C\C/C=C\C/C=C\C/C=C\C/C=C\C/C=C\C/C=C\C/C=C\C/C=C\CCCCCCCCC(=O)OCC(COP(=O)([O-])OCC[N+](C)(C)C)OC(=O)CCCCCCCC/C=C\C/C=C\C/C=C\C/C=C\C/C=C\C/C=C\C/C=C\C/C=C\C/C=C\C/C=C\CC. The second-order valence-corrected chi connectivity index (χ2v) is 26.6. The van der Waals surface area contributed by atoms with Crippen LogP contribution < -0.4 is 4.89 Å². The Morgan fingerprint density at radius 1 is 0.316 bits per heavy atom. The zero-order valence-corrected chi connectivity index (χ0v) is 63.0. The van der Waals surface area contributed by atoms with Crippen LogP contribution in [0.5, 0.6) is 0 Å². The second-order valence-electron chi connectivity index (χ2n) is 25.2. The summed E-state index contributed by atoms with van der Waals surface area (Å²) in [5.41, 5.74) is 0. The van der Waals surface area contributed by atoms with Gasteiger partial charge in [0.1, 0.15) is 19.8 Å². The predicted molar refractivity (Wildman–Crippen MR) is 424 cm³/mol. The molecule has 0 aromatic carbocycles. The van der Waals surface area contributed by atoms with E-state index >= 15 is 0 Å². The molecule has 0 spiro atoms. The standard InChI is InChI=1S/C88H136NO8P/c1-6-8-10-12-14-16-18-20-22-24-26-28-30-32-34-36-38-40-42-44-46-48-50-52-54-56-58-60-62-64-66-68-70-72-74-76-78-80-87(90)94-84-86(85-96-98(92,93)95-83-82-89(3,4)5)97-88(91)81-79-77-75-73-71-69-67-65-63-61-59-57-55-53-51-49-47-45-43-41-39-37-35-33-31-29-27-25-23-21-19-17-15-13-11-9-7-2/h8-11,14-17,20-23,26-29,32-35,38-41,44-47,50-53,56-59,62-65,86H,6-7,12-13,18-19,24-25,30-31,36-37,42-43,48-49,54-55,60-61,66-85H2,1-5H3/b10-8-,11-9-,16-14-,17-15-,22-20-,23-21-,28-26-,29-27-,34-32-,35-33-,40-38-,41-39-,46-44-,47-45-,52-50-,53-51-,58-56-,59-57-,64-62-,65-63-. The van der Waals surface area contributed by atoms with E-state index in [2.05, 4.69) is 257 Å². The lowest BCUT2D eigenvalue weighted by molar-refractivity contribution is -0.870. The van der Waals surface area contributed by atoms with Crippen molar-refractivity contribution in [3.05, 3.63) is 243 Å². The van der Waals surface area contributed by atoms with E-state index < -0.39 is 32.5 Å². The van der Waals surface area contributed by atoms with Gasteiger partial charge in [-0.25, -0.2) is 0 Å². The predicted octanol–water partition coefficient (Wildman–Crippen LogP) is 24.9. The summed E-state index contributed by atoms with van der Waals surface area (Å²) in [6.07, 6.45) is 122. The molecule has 0 aliphatic heterocycles. The van der Waals surface area contributed by atoms with Crippen LogP contribution in [0.4, 0.5) is 0 Å². The van der Waals surface area contributed by atoms with Gasteiger partial charge in [0.15, 0.2) is 6.10 Å². The van der Waals surface area contributed by atoms with E-state index in [1.54, 1.807) is 0 Å². The topological polar surface area (TPSA) is 111 Å². The summed E-state index contributed by atoms with van der Waals surface area (Å²) in [6, 6.07) is 0. The molecule has 9 nitrogen and oxygen atoms in total. The zero-order chi connectivity index (χ0) is 71.1. The number of unbranched alkanes of at least 4 members (excludes halogenated alkanes) is 12. The largest absolute Gasteiger partial charge is 0.756 e. The molecule has 0 aliphatic carbocycles. The van der Waals surface area contributed by atoms with Crippen LogP contribution in [-0.4, -0.2) is 70.0 Å². The number of carbonyl (C=O) groups excluding carboxylic acids is 2. The quantitative estimate of drug-likeness (QED) is 0.0195. The first-order valence-electron chi connectivity index (χ1n) is 37.7. The fourth-order valence-corrected chi connectivity index (χ4v) is 9.91. The summed E-state index contributed by atoms with van der Waals surface area (Å²) in [7, 11) is 1.11. The van der Waals surface area contributed by atoms with Crippen LogP contribution in [0.1, 0.15) is 245 Å². The first-order valence-corrected chi connectivity index (χ1v) is 39.2. The van der Waals surface area contributed by atoms with Crippen LogP contribution in [0.25, 0.3) is 0 Å². The molecule has 0 N–H and O–H groups in total. The second kappa shape index (κ2) is 75.0. The van der Waals surface area contributed by atoms with Crippen molar-refractivity contribution in [3.63, 3.8) is 0 Å². The van der Waals surface area contributed by atoms with Crippen molar-refractivity contribution in [2.45, 2.75) is 251 Å². The summed E-state index contributed by atoms with van der Waals surface area (Å²) >= 11 is 0. The molecule has 0 aromatic heterocycles. The molecule has 2 atom stereocenters. The van der Waals surface area contributed by atoms with Crippen molar-refractivity contribution in [2.24, 2.45) is 0 Å². The minimum Gasteiger partial charge on any atom is -0.756 e. The van der Waals surface area contributed by atoms with Crippen LogP contribution in [0, 0.1) is 0 Å². The van der Waals surface area contributed by atoms with Crippen molar-refractivity contribution < 1.29 is 42.1 Å². The molecule has 0 saturated carbocycles. The maximum Gasteiger partial charge on any atom is 0.306 e. The smallest absolute Gasteiger partial charge is 0.306 e. The van der Waals surface area contributed by atoms with E-state index in [4.69, 9.17) is 18.5 Å². The third-order valence-corrected chi connectivity index (χ3v) is 15.8. The van der Waals surface area contributed by atoms with Crippen LogP contribution in [0.15, 0.2) is 243 Å². The maximum absolute atomic E-state index is 12.9. The molecule has 2 unspecified atom stereocenters. The molecular formula is C88H136NO8P. The molecule has 0 aliphatic rings. The lowest BCUT2D eigenvalue weighted by Crippen LogP contribution is -2.37. The van der Waals surface area contributed by atoms with Gasteiger partial charge < -0.3 is 27.9 Å². The summed E-state index contributed by atoms with van der Waals surface area (Å²) in [4.78, 5) is 38.1. The van der Waals surface area contributed by atoms with Crippen LogP contribution >= 0.6 is 7.82 Å². The molecule has 546 valence electrons. The monoisotopic (exact) mass is 1370 g/mol. The number of likely N-dealkylation sites (N-methyl/N-ethyl adjacent to an activating group) is 1. The van der Waals surface area contributed by atoms with E-state index in [0.717, 1.165) is 205 Å². The molecule has 0 fully saturated rings. The van der Waals surface area contributed by atoms with Gasteiger partial charge in [0.2, 0.25) is 0 Å². The number of allylic oxidation sites excluding steroid dienone is 40. The fraction of sp³-hybridized carbons (Fsp3) is 0.523. The summed E-state index contributed by atoms with van der Waals surface area (Å²) in [6.45, 7) is 3.94. The highest BCUT2D eigenvalue weighted by molar-refractivity contribution is 7.45. The highest BCUT2D eigenvalue weighted by Gasteiger charge is 2.22. The molecule has 0 saturated heterocycles. The average Bonchev–Trinajstić information content (AvgIpc) is 1.14. The van der Waals surface area contributed by atoms with Crippen molar-refractivity contribution in [1.29, 1.82) is 0 Å². The average molecular weight is 1370 g/mol. The maximum atomic E-state index is 12.9. The lowest BCUT2D eigenvalue weighted by Gasteiger charge is -2.28. The minimum absolute atomic E-state index is 0.0506. The number of rotatable bonds is 66. The number of phosphoric acid groups is 1. The van der Waals surface area contributed by atoms with Crippen molar-refractivity contribution in [3.8, 4) is 0 Å². The van der Waals surface area contributed by atoms with Crippen LogP contribution in [-0.2, 0) is 32.7 Å². The van der Waals surface area contributed by atoms with E-state index in [-0.39, 0.29) is 26.1 Å². The van der Waals surface area contributed by atoms with Gasteiger partial charge in [0, 0.05) is 12.8 Å². The Balaban J connectivity index is 4.21. The number of phosphoric ester groups is 1. The first kappa shape index (κ1) is 91.8. The lowest BCUT2D eigenvalue weighted by atomic mass is 10.1. The number of hydrogen-bond acceptors (Lipinski definition) is 8. The Kier molecular flexibility index (Phi) is 70.3. The van der Waals surface area contributed by atoms with Gasteiger partial charge in [-0.1, -0.05) is 308 Å². The van der Waals surface area contributed by atoms with Crippen LogP contribution in [0.2, 0.25) is 0 Å². The first-order chi connectivity index (χ1) is 48.0. The molecule has 10 heteroatoms. The van der Waals surface area contributed by atoms with Crippen molar-refractivity contribution in [1.82, 2.24) is 0 Å². The normalized spacial score (nSPS) is 14.5. The van der Waals surface area contributed by atoms with Crippen LogP contribution in [0.3, 0.4) is 0 Å². The number of quaternary nitrogens is 1. The third kappa shape index (κ3) is 78.8. The molecule has 98 heavy (non-hydrogen) atoms. The van der Waals surface area contributed by atoms with Gasteiger partial charge in [0.25, 0.3) is 7.82 Å². The van der Waals surface area contributed by atoms with Gasteiger partial charge in [-0.05, 0) is 167 Å². The molecule has 0 aromatic rings. The van der Waals surface area contributed by atoms with Gasteiger partial charge in [-0.15, -0.1) is 0 Å². The Hall–Kier alpha value is -6.19. The molecule has 0 radical (unpaired) electrons. The highest BCUT2D eigenvalue weighted by Crippen LogP contribution is 2.38. The molecule has 0 bridgehead atoms. The number of nitrogens with zero attached hydrogens (tertiary/aromatic N) is 1. The zero-order valence-electron chi connectivity index (χ0n) is 62.1. The Morgan fingerprint density at radius 3 is 0.816 bits per heavy atom. The molecule has 0 heterocycles. The third-order valence-electron chi connectivity index (χ3n) is 14.9. The minimum atomic E-state index is -4.67. The van der Waals surface area contributed by atoms with Gasteiger partial charge in [-0.2, -0.15) is 0 Å². The van der Waals surface area contributed by atoms with E-state index in [9.17, 15) is 19.0 Å². The van der Waals surface area contributed by atoms with Crippen molar-refractivity contribution in [2.75, 3.05) is 47.5 Å². The van der Waals surface area contributed by atoms with E-state index in [1.165, 1.54) is 0 Å². The van der Waals surface area contributed by atoms with Crippen molar-refractivity contribution >= 4 is 19.8 Å². The fourth-order valence-electron chi connectivity index (χ4n) is 9.18. The van der Waals surface area contributed by atoms with Gasteiger partial charge >= 0.3 is 11.9 Å².